The summed E-state index contributed by atoms with van der Waals surface area (Å²) in [7, 11) is 0. The normalized spacial score (nSPS) is 11.8. The lowest BCUT2D eigenvalue weighted by molar-refractivity contribution is 0.669. The highest BCUT2D eigenvalue weighted by molar-refractivity contribution is 4.93. The van der Waals surface area contributed by atoms with Crippen LogP contribution in [0.2, 0.25) is 0 Å². The van der Waals surface area contributed by atoms with Crippen molar-refractivity contribution in [1.29, 1.82) is 5.26 Å². The Morgan fingerprint density at radius 2 is 2.20 bits per heavy atom. The highest BCUT2D eigenvalue weighted by atomic mass is 14.2. The van der Waals surface area contributed by atoms with Gasteiger partial charge in [-0.15, -0.1) is 0 Å². The number of nitriles is 1. The van der Waals surface area contributed by atoms with Gasteiger partial charge in [-0.25, -0.2) is 0 Å². The van der Waals surface area contributed by atoms with E-state index < -0.39 is 0 Å². The van der Waals surface area contributed by atoms with Gasteiger partial charge >= 0.3 is 0 Å². The average molecular weight is 137 g/mol. The first-order valence-corrected chi connectivity index (χ1v) is 3.69. The van der Waals surface area contributed by atoms with Crippen LogP contribution in [-0.2, 0) is 0 Å². The monoisotopic (exact) mass is 137 g/mol. The Kier molecular flexibility index (Phi) is 4.66. The average Bonchev–Trinajstić information content (AvgIpc) is 1.87. The summed E-state index contributed by atoms with van der Waals surface area (Å²) in [6.07, 6.45) is 4.20. The zero-order valence-corrected chi connectivity index (χ0v) is 7.02. The maximum atomic E-state index is 8.43. The first-order valence-electron chi connectivity index (χ1n) is 3.69. The number of allylic oxidation sites excluding steroid dienone is 2. The van der Waals surface area contributed by atoms with Crippen LogP contribution in [0.25, 0.3) is 0 Å². The van der Waals surface area contributed by atoms with Crippen molar-refractivity contribution in [2.45, 2.75) is 33.6 Å². The largest absolute Gasteiger partial charge is 0.198 e. The van der Waals surface area contributed by atoms with Crippen molar-refractivity contribution in [2.24, 2.45) is 5.92 Å². The fourth-order valence-electron chi connectivity index (χ4n) is 0.687. The number of nitrogens with zero attached hydrogens (tertiary/aromatic N) is 1. The van der Waals surface area contributed by atoms with Gasteiger partial charge in [0, 0.05) is 5.92 Å². The Labute approximate surface area is 63.4 Å². The predicted octanol–water partition coefficient (Wildman–Crippen LogP) is 2.89. The van der Waals surface area contributed by atoms with E-state index in [1.54, 1.807) is 0 Å². The van der Waals surface area contributed by atoms with Crippen LogP contribution in [0.5, 0.6) is 0 Å². The lowest BCUT2D eigenvalue weighted by Gasteiger charge is -1.96. The third-order valence-electron chi connectivity index (χ3n) is 1.37. The van der Waals surface area contributed by atoms with E-state index in [9.17, 15) is 0 Å². The molecule has 56 valence electrons. The summed E-state index contributed by atoms with van der Waals surface area (Å²) >= 11 is 0. The molecule has 0 saturated heterocycles. The highest BCUT2D eigenvalue weighted by Gasteiger charge is 1.95. The van der Waals surface area contributed by atoms with E-state index in [2.05, 4.69) is 26.0 Å². The molecule has 0 fully saturated rings. The fourth-order valence-corrected chi connectivity index (χ4v) is 0.687. The molecule has 1 heteroatoms. The maximum Gasteiger partial charge on any atom is 0.0652 e. The van der Waals surface area contributed by atoms with Crippen LogP contribution in [0.15, 0.2) is 11.6 Å². The molecule has 0 aromatic carbocycles. The van der Waals surface area contributed by atoms with Gasteiger partial charge in [-0.1, -0.05) is 11.6 Å². The Morgan fingerprint density at radius 3 is 2.60 bits per heavy atom. The lowest BCUT2D eigenvalue weighted by Crippen LogP contribution is -1.87. The van der Waals surface area contributed by atoms with Crippen molar-refractivity contribution in [1.82, 2.24) is 0 Å². The van der Waals surface area contributed by atoms with Gasteiger partial charge in [0.25, 0.3) is 0 Å². The van der Waals surface area contributed by atoms with Crippen LogP contribution in [0.3, 0.4) is 0 Å². The summed E-state index contributed by atoms with van der Waals surface area (Å²) in [6, 6.07) is 2.21. The Morgan fingerprint density at radius 1 is 1.60 bits per heavy atom. The number of hydrogen-bond donors (Lipinski definition) is 0. The van der Waals surface area contributed by atoms with Gasteiger partial charge in [-0.2, -0.15) is 5.26 Å². The van der Waals surface area contributed by atoms with Gasteiger partial charge in [0.15, 0.2) is 0 Å². The molecule has 0 radical (unpaired) electrons. The second-order valence-corrected chi connectivity index (χ2v) is 2.89. The van der Waals surface area contributed by atoms with Crippen molar-refractivity contribution in [3.8, 4) is 6.07 Å². The van der Waals surface area contributed by atoms with Gasteiger partial charge in [-0.3, -0.25) is 0 Å². The van der Waals surface area contributed by atoms with E-state index in [0.717, 1.165) is 12.8 Å². The zero-order valence-electron chi connectivity index (χ0n) is 7.02. The third-order valence-corrected chi connectivity index (χ3v) is 1.37. The van der Waals surface area contributed by atoms with Crippen LogP contribution in [-0.4, -0.2) is 0 Å². The quantitative estimate of drug-likeness (QED) is 0.549. The van der Waals surface area contributed by atoms with Crippen LogP contribution in [0, 0.1) is 17.2 Å². The van der Waals surface area contributed by atoms with Crippen molar-refractivity contribution in [3.05, 3.63) is 11.6 Å². The summed E-state index contributed by atoms with van der Waals surface area (Å²) < 4.78 is 0. The summed E-state index contributed by atoms with van der Waals surface area (Å²) in [5, 5.41) is 8.43. The summed E-state index contributed by atoms with van der Waals surface area (Å²) in [5.41, 5.74) is 1.34. The molecule has 0 saturated carbocycles. The van der Waals surface area contributed by atoms with Gasteiger partial charge in [-0.05, 0) is 33.6 Å². The molecule has 1 nitrogen and oxygen atoms in total. The molecule has 0 aliphatic rings. The van der Waals surface area contributed by atoms with Gasteiger partial charge in [0.2, 0.25) is 0 Å². The molecule has 0 aromatic heterocycles. The van der Waals surface area contributed by atoms with Crippen LogP contribution in [0.1, 0.15) is 33.6 Å². The Hall–Kier alpha value is -0.770. The molecule has 0 amide bonds. The van der Waals surface area contributed by atoms with E-state index in [1.165, 1.54) is 5.57 Å². The molecule has 0 heterocycles. The lowest BCUT2D eigenvalue weighted by atomic mass is 10.1. The molecule has 0 aliphatic heterocycles. The van der Waals surface area contributed by atoms with E-state index in [0.29, 0.717) is 0 Å². The molecule has 1 atom stereocenters. The molecule has 0 aliphatic carbocycles. The minimum Gasteiger partial charge on any atom is -0.198 e. The summed E-state index contributed by atoms with van der Waals surface area (Å²) in [4.78, 5) is 0. The van der Waals surface area contributed by atoms with Crippen molar-refractivity contribution < 1.29 is 0 Å². The maximum absolute atomic E-state index is 8.43. The second-order valence-electron chi connectivity index (χ2n) is 2.89. The summed E-state index contributed by atoms with van der Waals surface area (Å²) in [6.45, 7) is 6.12. The zero-order chi connectivity index (χ0) is 7.98. The fraction of sp³-hybridized carbons (Fsp3) is 0.667. The smallest absolute Gasteiger partial charge is 0.0652 e. The highest BCUT2D eigenvalue weighted by Crippen LogP contribution is 2.05. The molecule has 0 N–H and O–H groups in total. The minimum atomic E-state index is 0.204. The minimum absolute atomic E-state index is 0.204. The van der Waals surface area contributed by atoms with Gasteiger partial charge in [0.1, 0.15) is 0 Å². The van der Waals surface area contributed by atoms with Crippen LogP contribution >= 0.6 is 0 Å². The van der Waals surface area contributed by atoms with Crippen molar-refractivity contribution in [2.75, 3.05) is 0 Å². The third kappa shape index (κ3) is 5.37. The topological polar surface area (TPSA) is 23.8 Å². The molecule has 0 unspecified atom stereocenters. The van der Waals surface area contributed by atoms with E-state index in [1.807, 2.05) is 6.92 Å². The number of rotatable bonds is 3. The molecule has 0 rings (SSSR count). The van der Waals surface area contributed by atoms with E-state index in [-0.39, 0.29) is 5.92 Å². The molecular formula is C9H15N. The van der Waals surface area contributed by atoms with Crippen molar-refractivity contribution in [3.63, 3.8) is 0 Å². The molecule has 10 heavy (non-hydrogen) atoms. The molecule has 0 spiro atoms. The first kappa shape index (κ1) is 9.23. The van der Waals surface area contributed by atoms with Crippen LogP contribution in [0.4, 0.5) is 0 Å². The second kappa shape index (κ2) is 5.05. The molecule has 0 aromatic rings. The first-order chi connectivity index (χ1) is 4.66. The van der Waals surface area contributed by atoms with Gasteiger partial charge < -0.3 is 0 Å². The molecule has 0 bridgehead atoms. The Balaban J connectivity index is 3.39. The van der Waals surface area contributed by atoms with Gasteiger partial charge in [0.05, 0.1) is 6.07 Å². The SMILES string of the molecule is CC(C)=CCC[C@H](C)C#N. The van der Waals surface area contributed by atoms with E-state index in [4.69, 9.17) is 5.26 Å². The number of hydrogen-bond acceptors (Lipinski definition) is 1. The van der Waals surface area contributed by atoms with Crippen LogP contribution < -0.4 is 0 Å². The molecular weight excluding hydrogens is 122 g/mol. The summed E-state index contributed by atoms with van der Waals surface area (Å²) in [5.74, 6) is 0.204. The van der Waals surface area contributed by atoms with E-state index >= 15 is 0 Å². The Bertz CT molecular complexity index is 147. The predicted molar refractivity (Wildman–Crippen MR) is 43.4 cm³/mol. The standard InChI is InChI=1S/C9H15N/c1-8(2)5-4-6-9(3)7-10/h5,9H,4,6H2,1-3H3/t9-/m0/s1. The van der Waals surface area contributed by atoms with Crippen molar-refractivity contribution >= 4 is 0 Å².